The van der Waals surface area contributed by atoms with Gasteiger partial charge in [0.2, 0.25) is 5.91 Å². The number of hydrogen-bond acceptors (Lipinski definition) is 4. The van der Waals surface area contributed by atoms with Crippen LogP contribution in [0.5, 0.6) is 0 Å². The van der Waals surface area contributed by atoms with Crippen molar-refractivity contribution in [2.24, 2.45) is 0 Å². The predicted octanol–water partition coefficient (Wildman–Crippen LogP) is 3.96. The standard InChI is InChI=1S/C16H11F6N3O2S/c17-15(18,19)8-3-9(16(20,21)22)5-10(4-8)24-12(26)6-11-7-28-14-23-2-1-13(27)25(11)14/h1-5,11H,6-7H2,(H,24,26)/t11-/m1/s1. The molecule has 0 unspecified atom stereocenters. The van der Waals surface area contributed by atoms with Gasteiger partial charge < -0.3 is 5.32 Å². The molecule has 3 rings (SSSR count). The van der Waals surface area contributed by atoms with Crippen LogP contribution in [0.2, 0.25) is 0 Å². The van der Waals surface area contributed by atoms with Crippen LogP contribution in [0.25, 0.3) is 0 Å². The number of fused-ring (bicyclic) bond motifs is 1. The summed E-state index contributed by atoms with van der Waals surface area (Å²) in [5.74, 6) is -0.488. The minimum Gasteiger partial charge on any atom is -0.326 e. The molecule has 2 aromatic rings. The van der Waals surface area contributed by atoms with Gasteiger partial charge in [0, 0.05) is 30.1 Å². The molecule has 0 saturated heterocycles. The Morgan fingerprint density at radius 1 is 1.14 bits per heavy atom. The predicted molar refractivity (Wildman–Crippen MR) is 88.0 cm³/mol. The third kappa shape index (κ3) is 4.32. The van der Waals surface area contributed by atoms with E-state index in [-0.39, 0.29) is 12.5 Å². The van der Waals surface area contributed by atoms with Crippen LogP contribution in [0.15, 0.2) is 40.4 Å². The fraction of sp³-hybridized carbons (Fsp3) is 0.312. The summed E-state index contributed by atoms with van der Waals surface area (Å²) in [4.78, 5) is 28.1. The monoisotopic (exact) mass is 423 g/mol. The van der Waals surface area contributed by atoms with Gasteiger partial charge in [0.15, 0.2) is 5.16 Å². The van der Waals surface area contributed by atoms with Crippen molar-refractivity contribution < 1.29 is 31.1 Å². The minimum atomic E-state index is -5.01. The second-order valence-electron chi connectivity index (χ2n) is 5.95. The summed E-state index contributed by atoms with van der Waals surface area (Å²) in [7, 11) is 0. The molecule has 1 amide bonds. The summed E-state index contributed by atoms with van der Waals surface area (Å²) < 4.78 is 78.6. The molecule has 1 atom stereocenters. The Kier molecular flexibility index (Phi) is 5.17. The average molecular weight is 423 g/mol. The zero-order chi connectivity index (χ0) is 20.7. The van der Waals surface area contributed by atoms with Crippen LogP contribution in [0.1, 0.15) is 23.6 Å². The first-order chi connectivity index (χ1) is 12.9. The molecule has 12 heteroatoms. The summed E-state index contributed by atoms with van der Waals surface area (Å²) in [6.07, 6.45) is -9.02. The number of alkyl halides is 6. The van der Waals surface area contributed by atoms with Crippen molar-refractivity contribution in [2.45, 2.75) is 30.0 Å². The van der Waals surface area contributed by atoms with Crippen LogP contribution in [-0.4, -0.2) is 21.2 Å². The molecule has 0 aliphatic carbocycles. The highest BCUT2D eigenvalue weighted by Gasteiger charge is 2.37. The zero-order valence-electron chi connectivity index (χ0n) is 13.8. The topological polar surface area (TPSA) is 64.0 Å². The van der Waals surface area contributed by atoms with E-state index in [0.717, 1.165) is 0 Å². The van der Waals surface area contributed by atoms with Gasteiger partial charge in [-0.25, -0.2) is 4.98 Å². The minimum absolute atomic E-state index is 0.0231. The lowest BCUT2D eigenvalue weighted by atomic mass is 10.1. The first-order valence-corrected chi connectivity index (χ1v) is 8.73. The molecule has 0 saturated carbocycles. The lowest BCUT2D eigenvalue weighted by Crippen LogP contribution is -2.27. The van der Waals surface area contributed by atoms with E-state index in [1.165, 1.54) is 28.6 Å². The van der Waals surface area contributed by atoms with E-state index >= 15 is 0 Å². The van der Waals surface area contributed by atoms with Crippen LogP contribution < -0.4 is 10.9 Å². The second-order valence-corrected chi connectivity index (χ2v) is 6.93. The molecule has 1 aromatic heterocycles. The number of carbonyl (C=O) groups excluding carboxylic acids is 1. The number of aromatic nitrogens is 2. The molecule has 28 heavy (non-hydrogen) atoms. The molecule has 1 aliphatic heterocycles. The Labute approximate surface area is 157 Å². The third-order valence-corrected chi connectivity index (χ3v) is 5.02. The molecule has 1 N–H and O–H groups in total. The number of anilines is 1. The highest BCUT2D eigenvalue weighted by molar-refractivity contribution is 7.99. The second kappa shape index (κ2) is 7.15. The molecule has 0 bridgehead atoms. The van der Waals surface area contributed by atoms with E-state index in [1.54, 1.807) is 0 Å². The summed E-state index contributed by atoms with van der Waals surface area (Å²) >= 11 is 1.22. The Hall–Kier alpha value is -2.50. The van der Waals surface area contributed by atoms with Crippen LogP contribution >= 0.6 is 11.8 Å². The van der Waals surface area contributed by atoms with Gasteiger partial charge in [0.25, 0.3) is 5.56 Å². The van der Waals surface area contributed by atoms with Crippen molar-refractivity contribution in [3.63, 3.8) is 0 Å². The van der Waals surface area contributed by atoms with Crippen molar-refractivity contribution in [1.29, 1.82) is 0 Å². The van der Waals surface area contributed by atoms with Gasteiger partial charge in [-0.05, 0) is 18.2 Å². The summed E-state index contributed by atoms with van der Waals surface area (Å²) in [5.41, 5.74) is -4.08. The van der Waals surface area contributed by atoms with Gasteiger partial charge in [-0.15, -0.1) is 0 Å². The van der Waals surface area contributed by atoms with Gasteiger partial charge in [-0.1, -0.05) is 11.8 Å². The number of carbonyl (C=O) groups is 1. The van der Waals surface area contributed by atoms with Gasteiger partial charge in [0.05, 0.1) is 17.2 Å². The van der Waals surface area contributed by atoms with E-state index in [1.807, 2.05) is 0 Å². The summed E-state index contributed by atoms with van der Waals surface area (Å²) in [5, 5.41) is 2.45. The van der Waals surface area contributed by atoms with Gasteiger partial charge in [0.1, 0.15) is 0 Å². The number of nitrogens with zero attached hydrogens (tertiary/aromatic N) is 2. The van der Waals surface area contributed by atoms with Gasteiger partial charge in [-0.3, -0.25) is 14.2 Å². The lowest BCUT2D eigenvalue weighted by molar-refractivity contribution is -0.143. The maximum absolute atomic E-state index is 12.9. The van der Waals surface area contributed by atoms with Crippen molar-refractivity contribution in [2.75, 3.05) is 11.1 Å². The fourth-order valence-corrected chi connectivity index (χ4v) is 3.81. The van der Waals surface area contributed by atoms with Crippen LogP contribution in [0.4, 0.5) is 32.0 Å². The van der Waals surface area contributed by atoms with Crippen LogP contribution in [-0.2, 0) is 17.1 Å². The molecule has 1 aliphatic rings. The van der Waals surface area contributed by atoms with E-state index in [2.05, 4.69) is 10.3 Å². The van der Waals surface area contributed by atoms with Gasteiger partial charge >= 0.3 is 12.4 Å². The number of amides is 1. The normalized spacial score (nSPS) is 16.7. The average Bonchev–Trinajstić information content (AvgIpc) is 2.97. The van der Waals surface area contributed by atoms with Crippen molar-refractivity contribution in [3.05, 3.63) is 51.9 Å². The highest BCUT2D eigenvalue weighted by atomic mass is 32.2. The number of hydrogen-bond donors (Lipinski definition) is 1. The third-order valence-electron chi connectivity index (χ3n) is 3.91. The van der Waals surface area contributed by atoms with E-state index < -0.39 is 46.7 Å². The zero-order valence-corrected chi connectivity index (χ0v) is 14.6. The van der Waals surface area contributed by atoms with Crippen LogP contribution in [0, 0.1) is 0 Å². The molecule has 0 spiro atoms. The summed E-state index contributed by atoms with van der Waals surface area (Å²) in [6, 6.07) is 1.43. The highest BCUT2D eigenvalue weighted by Crippen LogP contribution is 2.38. The summed E-state index contributed by atoms with van der Waals surface area (Å²) in [6.45, 7) is 0. The fourth-order valence-electron chi connectivity index (χ4n) is 2.69. The smallest absolute Gasteiger partial charge is 0.326 e. The van der Waals surface area contributed by atoms with Crippen molar-refractivity contribution >= 4 is 23.4 Å². The lowest BCUT2D eigenvalue weighted by Gasteiger charge is -2.16. The molecular weight excluding hydrogens is 412 g/mol. The number of rotatable bonds is 3. The molecule has 1 aromatic carbocycles. The Morgan fingerprint density at radius 2 is 1.75 bits per heavy atom. The largest absolute Gasteiger partial charge is 0.416 e. The molecule has 5 nitrogen and oxygen atoms in total. The molecule has 150 valence electrons. The van der Waals surface area contributed by atoms with Gasteiger partial charge in [-0.2, -0.15) is 26.3 Å². The first kappa shape index (κ1) is 20.2. The maximum atomic E-state index is 12.9. The number of thioether (sulfide) groups is 1. The van der Waals surface area contributed by atoms with E-state index in [0.29, 0.717) is 23.0 Å². The van der Waals surface area contributed by atoms with Crippen LogP contribution in [0.3, 0.4) is 0 Å². The van der Waals surface area contributed by atoms with E-state index in [9.17, 15) is 35.9 Å². The Balaban J connectivity index is 1.83. The Morgan fingerprint density at radius 3 is 2.32 bits per heavy atom. The number of nitrogens with one attached hydrogen (secondary N) is 1. The molecule has 0 radical (unpaired) electrons. The number of halogens is 6. The molecule has 2 heterocycles. The number of benzene rings is 1. The Bertz CT molecular complexity index is 938. The maximum Gasteiger partial charge on any atom is 0.416 e. The molecule has 0 fully saturated rings. The quantitative estimate of drug-likeness (QED) is 0.600. The van der Waals surface area contributed by atoms with Crippen molar-refractivity contribution in [1.82, 2.24) is 9.55 Å². The van der Waals surface area contributed by atoms with Crippen molar-refractivity contribution in [3.8, 4) is 0 Å². The first-order valence-electron chi connectivity index (χ1n) is 7.75. The van der Waals surface area contributed by atoms with E-state index in [4.69, 9.17) is 0 Å². The SMILES string of the molecule is O=C(C[C@@H]1CSc2nccc(=O)n21)Nc1cc(C(F)(F)F)cc(C(F)(F)F)c1. The molecular formula is C16H11F6N3O2S.